The van der Waals surface area contributed by atoms with Gasteiger partial charge in [-0.2, -0.15) is 0 Å². The Morgan fingerprint density at radius 3 is 2.55 bits per heavy atom. The Morgan fingerprint density at radius 1 is 1.23 bits per heavy atom. The van der Waals surface area contributed by atoms with E-state index in [1.54, 1.807) is 12.1 Å². The average molecular weight is 298 g/mol. The number of carbonyl (C=O) groups is 2. The number of hydrogen-bond acceptors (Lipinski definition) is 4. The Morgan fingerprint density at radius 2 is 2.00 bits per heavy atom. The number of nitrogens with zero attached hydrogens (tertiary/aromatic N) is 1. The normalized spacial score (nSPS) is 10.1. The lowest BCUT2D eigenvalue weighted by Crippen LogP contribution is -2.10. The SMILES string of the molecule is CCC(=O)Nc1ccc(-c2ccc(C(=O)OC)cn2)cc1C. The van der Waals surface area contributed by atoms with E-state index >= 15 is 0 Å². The molecule has 22 heavy (non-hydrogen) atoms. The van der Waals surface area contributed by atoms with E-state index in [4.69, 9.17) is 0 Å². The third-order valence-electron chi connectivity index (χ3n) is 3.30. The minimum Gasteiger partial charge on any atom is -0.465 e. The minimum atomic E-state index is -0.409. The molecule has 0 radical (unpaired) electrons. The standard InChI is InChI=1S/C17H18N2O3/c1-4-16(20)19-14-7-5-12(9-11(14)2)15-8-6-13(10-18-15)17(21)22-3/h5-10H,4H2,1-3H3,(H,19,20). The molecule has 0 saturated carbocycles. The summed E-state index contributed by atoms with van der Waals surface area (Å²) in [6.07, 6.45) is 1.93. The first-order valence-corrected chi connectivity index (χ1v) is 7.00. The van der Waals surface area contributed by atoms with Crippen molar-refractivity contribution in [3.05, 3.63) is 47.7 Å². The highest BCUT2D eigenvalue weighted by atomic mass is 16.5. The number of aromatic nitrogens is 1. The molecule has 1 heterocycles. The molecule has 0 aliphatic rings. The van der Waals surface area contributed by atoms with E-state index in [1.165, 1.54) is 13.3 Å². The molecule has 2 aromatic rings. The minimum absolute atomic E-state index is 0.0172. The highest BCUT2D eigenvalue weighted by Gasteiger charge is 2.08. The zero-order valence-corrected chi connectivity index (χ0v) is 12.8. The van der Waals surface area contributed by atoms with E-state index in [1.807, 2.05) is 32.0 Å². The van der Waals surface area contributed by atoms with Gasteiger partial charge in [-0.25, -0.2) is 4.79 Å². The smallest absolute Gasteiger partial charge is 0.339 e. The molecule has 1 N–H and O–H groups in total. The summed E-state index contributed by atoms with van der Waals surface area (Å²) < 4.78 is 4.65. The molecule has 5 heteroatoms. The maximum Gasteiger partial charge on any atom is 0.339 e. The summed E-state index contributed by atoms with van der Waals surface area (Å²) in [7, 11) is 1.34. The van der Waals surface area contributed by atoms with E-state index < -0.39 is 5.97 Å². The van der Waals surface area contributed by atoms with Crippen molar-refractivity contribution in [1.82, 2.24) is 4.98 Å². The maximum absolute atomic E-state index is 11.5. The molecule has 0 bridgehead atoms. The fourth-order valence-electron chi connectivity index (χ4n) is 2.01. The number of methoxy groups -OCH3 is 1. The Labute approximate surface area is 129 Å². The molecular weight excluding hydrogens is 280 g/mol. The number of anilines is 1. The molecule has 1 aromatic carbocycles. The molecule has 0 aliphatic heterocycles. The number of hydrogen-bond donors (Lipinski definition) is 1. The van der Waals surface area contributed by atoms with Crippen LogP contribution in [0, 0.1) is 6.92 Å². The maximum atomic E-state index is 11.5. The lowest BCUT2D eigenvalue weighted by atomic mass is 10.1. The zero-order chi connectivity index (χ0) is 16.1. The predicted molar refractivity (Wildman–Crippen MR) is 84.7 cm³/mol. The van der Waals surface area contributed by atoms with Gasteiger partial charge in [0.15, 0.2) is 0 Å². The number of carbonyl (C=O) groups excluding carboxylic acids is 2. The van der Waals surface area contributed by atoms with Gasteiger partial charge in [-0.3, -0.25) is 9.78 Å². The summed E-state index contributed by atoms with van der Waals surface area (Å²) in [5.74, 6) is -0.427. The van der Waals surface area contributed by atoms with Crippen molar-refractivity contribution in [1.29, 1.82) is 0 Å². The number of benzene rings is 1. The van der Waals surface area contributed by atoms with Gasteiger partial charge in [0.2, 0.25) is 5.91 Å². The summed E-state index contributed by atoms with van der Waals surface area (Å²) in [6, 6.07) is 9.14. The third-order valence-corrected chi connectivity index (χ3v) is 3.30. The Hall–Kier alpha value is -2.69. The first-order valence-electron chi connectivity index (χ1n) is 7.00. The second-order valence-electron chi connectivity index (χ2n) is 4.86. The second kappa shape index (κ2) is 6.85. The first kappa shape index (κ1) is 15.7. The molecule has 0 spiro atoms. The van der Waals surface area contributed by atoms with Gasteiger partial charge in [0.1, 0.15) is 0 Å². The average Bonchev–Trinajstić information content (AvgIpc) is 2.56. The van der Waals surface area contributed by atoms with Crippen LogP contribution in [0.25, 0.3) is 11.3 Å². The highest BCUT2D eigenvalue weighted by Crippen LogP contribution is 2.23. The lowest BCUT2D eigenvalue weighted by Gasteiger charge is -2.09. The van der Waals surface area contributed by atoms with Crippen LogP contribution in [0.2, 0.25) is 0 Å². The molecule has 0 atom stereocenters. The van der Waals surface area contributed by atoms with Crippen molar-refractivity contribution >= 4 is 17.6 Å². The summed E-state index contributed by atoms with van der Waals surface area (Å²) in [4.78, 5) is 27.1. The molecule has 1 aromatic heterocycles. The van der Waals surface area contributed by atoms with Crippen LogP contribution in [-0.4, -0.2) is 24.0 Å². The van der Waals surface area contributed by atoms with Crippen LogP contribution < -0.4 is 5.32 Å². The topological polar surface area (TPSA) is 68.3 Å². The summed E-state index contributed by atoms with van der Waals surface area (Å²) >= 11 is 0. The summed E-state index contributed by atoms with van der Waals surface area (Å²) in [5, 5.41) is 2.85. The first-order chi connectivity index (χ1) is 10.5. The van der Waals surface area contributed by atoms with E-state index in [9.17, 15) is 9.59 Å². The highest BCUT2D eigenvalue weighted by molar-refractivity contribution is 5.92. The molecular formula is C17H18N2O3. The monoisotopic (exact) mass is 298 g/mol. The Kier molecular flexibility index (Phi) is 4.88. The fourth-order valence-corrected chi connectivity index (χ4v) is 2.01. The Balaban J connectivity index is 2.24. The largest absolute Gasteiger partial charge is 0.465 e. The van der Waals surface area contributed by atoms with E-state index in [0.717, 1.165) is 22.5 Å². The van der Waals surface area contributed by atoms with Crippen LogP contribution in [0.4, 0.5) is 5.69 Å². The number of aryl methyl sites for hydroxylation is 1. The predicted octanol–water partition coefficient (Wildman–Crippen LogP) is 3.19. The zero-order valence-electron chi connectivity index (χ0n) is 12.8. The summed E-state index contributed by atoms with van der Waals surface area (Å²) in [6.45, 7) is 3.74. The fraction of sp³-hybridized carbons (Fsp3) is 0.235. The number of nitrogens with one attached hydrogen (secondary N) is 1. The van der Waals surface area contributed by atoms with Gasteiger partial charge < -0.3 is 10.1 Å². The number of amides is 1. The molecule has 114 valence electrons. The number of pyridine rings is 1. The van der Waals surface area contributed by atoms with E-state index in [2.05, 4.69) is 15.0 Å². The molecule has 0 saturated heterocycles. The molecule has 2 rings (SSSR count). The van der Waals surface area contributed by atoms with Gasteiger partial charge in [-0.05, 0) is 36.8 Å². The lowest BCUT2D eigenvalue weighted by molar-refractivity contribution is -0.115. The van der Waals surface area contributed by atoms with E-state index in [-0.39, 0.29) is 5.91 Å². The van der Waals surface area contributed by atoms with Crippen LogP contribution in [0.5, 0.6) is 0 Å². The molecule has 1 amide bonds. The molecule has 5 nitrogen and oxygen atoms in total. The van der Waals surface area contributed by atoms with Crippen LogP contribution in [0.1, 0.15) is 29.3 Å². The van der Waals surface area contributed by atoms with Gasteiger partial charge in [0.05, 0.1) is 18.4 Å². The van der Waals surface area contributed by atoms with Gasteiger partial charge in [-0.1, -0.05) is 13.0 Å². The Bertz CT molecular complexity index is 694. The quantitative estimate of drug-likeness (QED) is 0.880. The van der Waals surface area contributed by atoms with Gasteiger partial charge >= 0.3 is 5.97 Å². The molecule has 0 unspecified atom stereocenters. The van der Waals surface area contributed by atoms with Gasteiger partial charge in [0.25, 0.3) is 0 Å². The van der Waals surface area contributed by atoms with Crippen LogP contribution in [-0.2, 0) is 9.53 Å². The van der Waals surface area contributed by atoms with Crippen LogP contribution in [0.15, 0.2) is 36.5 Å². The van der Waals surface area contributed by atoms with Gasteiger partial charge in [-0.15, -0.1) is 0 Å². The molecule has 0 aliphatic carbocycles. The number of esters is 1. The van der Waals surface area contributed by atoms with Crippen molar-refractivity contribution < 1.29 is 14.3 Å². The summed E-state index contributed by atoms with van der Waals surface area (Å²) in [5.41, 5.74) is 3.84. The van der Waals surface area contributed by atoms with Crippen molar-refractivity contribution in [3.63, 3.8) is 0 Å². The van der Waals surface area contributed by atoms with E-state index in [0.29, 0.717) is 12.0 Å². The third kappa shape index (κ3) is 3.49. The second-order valence-corrected chi connectivity index (χ2v) is 4.86. The van der Waals surface area contributed by atoms with Crippen LogP contribution in [0.3, 0.4) is 0 Å². The van der Waals surface area contributed by atoms with Crippen molar-refractivity contribution in [3.8, 4) is 11.3 Å². The number of ether oxygens (including phenoxy) is 1. The van der Waals surface area contributed by atoms with Crippen molar-refractivity contribution in [2.75, 3.05) is 12.4 Å². The van der Waals surface area contributed by atoms with Gasteiger partial charge in [0, 0.05) is 23.9 Å². The van der Waals surface area contributed by atoms with Crippen LogP contribution >= 0.6 is 0 Å². The van der Waals surface area contributed by atoms with Crippen molar-refractivity contribution in [2.24, 2.45) is 0 Å². The number of rotatable bonds is 4. The molecule has 0 fully saturated rings. The van der Waals surface area contributed by atoms with Crippen molar-refractivity contribution in [2.45, 2.75) is 20.3 Å².